The van der Waals surface area contributed by atoms with Crippen LogP contribution >= 0.6 is 0 Å². The molecule has 9 heteroatoms. The number of anilines is 1. The smallest absolute Gasteiger partial charge is 0.274 e. The summed E-state index contributed by atoms with van der Waals surface area (Å²) in [6.07, 6.45) is 0.777. The lowest BCUT2D eigenvalue weighted by molar-refractivity contribution is -0.119. The van der Waals surface area contributed by atoms with E-state index in [9.17, 15) is 14.4 Å². The standard InChI is InChI=1S/C20H22N4O5/c1-28-17-7-6-14(12-18(17)29-2)21-19(26)15-4-3-5-16(22-15)20(27)24-10-8-23(13-25)9-11-24/h3-7,12-13H,8-11H2,1-2H3,(H,21,26). The molecule has 3 amide bonds. The molecule has 1 N–H and O–H groups in total. The zero-order chi connectivity index (χ0) is 20.8. The van der Waals surface area contributed by atoms with Crippen LogP contribution in [0.5, 0.6) is 11.5 Å². The van der Waals surface area contributed by atoms with Crippen molar-refractivity contribution in [1.29, 1.82) is 0 Å². The second kappa shape index (κ2) is 9.05. The van der Waals surface area contributed by atoms with Crippen LogP contribution < -0.4 is 14.8 Å². The molecule has 1 aliphatic rings. The van der Waals surface area contributed by atoms with Gasteiger partial charge in [-0.25, -0.2) is 4.98 Å². The van der Waals surface area contributed by atoms with Gasteiger partial charge < -0.3 is 24.6 Å². The Morgan fingerprint density at radius 1 is 1.00 bits per heavy atom. The second-order valence-corrected chi connectivity index (χ2v) is 6.37. The van der Waals surface area contributed by atoms with Gasteiger partial charge >= 0.3 is 0 Å². The molecule has 152 valence electrons. The van der Waals surface area contributed by atoms with E-state index in [-0.39, 0.29) is 17.3 Å². The number of methoxy groups -OCH3 is 2. The molecule has 29 heavy (non-hydrogen) atoms. The molecule has 2 heterocycles. The highest BCUT2D eigenvalue weighted by Gasteiger charge is 2.23. The number of carbonyl (C=O) groups excluding carboxylic acids is 3. The minimum atomic E-state index is -0.447. The van der Waals surface area contributed by atoms with E-state index in [0.717, 1.165) is 6.41 Å². The van der Waals surface area contributed by atoms with Crippen molar-refractivity contribution >= 4 is 23.9 Å². The van der Waals surface area contributed by atoms with Crippen LogP contribution in [0.2, 0.25) is 0 Å². The molecule has 1 saturated heterocycles. The quantitative estimate of drug-likeness (QED) is 0.736. The monoisotopic (exact) mass is 398 g/mol. The summed E-state index contributed by atoms with van der Waals surface area (Å²) in [5, 5.41) is 2.74. The molecule has 0 aliphatic carbocycles. The number of nitrogens with one attached hydrogen (secondary N) is 1. The van der Waals surface area contributed by atoms with Gasteiger partial charge in [-0.05, 0) is 24.3 Å². The first kappa shape index (κ1) is 20.1. The first-order valence-corrected chi connectivity index (χ1v) is 9.04. The van der Waals surface area contributed by atoms with E-state index < -0.39 is 5.91 Å². The number of hydrogen-bond donors (Lipinski definition) is 1. The molecular formula is C20H22N4O5. The number of carbonyl (C=O) groups is 3. The maximum Gasteiger partial charge on any atom is 0.274 e. The third-order valence-electron chi connectivity index (χ3n) is 4.59. The summed E-state index contributed by atoms with van der Waals surface area (Å²) in [6.45, 7) is 1.83. The Kier molecular flexibility index (Phi) is 6.28. The van der Waals surface area contributed by atoms with Gasteiger partial charge in [0.15, 0.2) is 11.5 Å². The first-order valence-electron chi connectivity index (χ1n) is 9.04. The number of hydrogen-bond acceptors (Lipinski definition) is 6. The van der Waals surface area contributed by atoms with Crippen molar-refractivity contribution in [1.82, 2.24) is 14.8 Å². The average Bonchev–Trinajstić information content (AvgIpc) is 2.78. The summed E-state index contributed by atoms with van der Waals surface area (Å²) >= 11 is 0. The molecule has 2 aromatic rings. The number of benzene rings is 1. The van der Waals surface area contributed by atoms with E-state index in [2.05, 4.69) is 10.3 Å². The van der Waals surface area contributed by atoms with Crippen LogP contribution in [-0.4, -0.2) is 73.4 Å². The van der Waals surface area contributed by atoms with Crippen LogP contribution in [0.3, 0.4) is 0 Å². The van der Waals surface area contributed by atoms with E-state index >= 15 is 0 Å². The summed E-state index contributed by atoms with van der Waals surface area (Å²) in [5.41, 5.74) is 0.817. The number of nitrogens with zero attached hydrogens (tertiary/aromatic N) is 3. The fraction of sp³-hybridized carbons (Fsp3) is 0.300. The number of amides is 3. The van der Waals surface area contributed by atoms with Crippen molar-refractivity contribution < 1.29 is 23.9 Å². The number of pyridine rings is 1. The molecule has 0 unspecified atom stereocenters. The average molecular weight is 398 g/mol. The highest BCUT2D eigenvalue weighted by molar-refractivity contribution is 6.04. The number of piperazine rings is 1. The lowest BCUT2D eigenvalue weighted by atomic mass is 10.2. The van der Waals surface area contributed by atoms with Crippen molar-refractivity contribution in [2.24, 2.45) is 0 Å². The van der Waals surface area contributed by atoms with Crippen molar-refractivity contribution in [2.45, 2.75) is 0 Å². The lowest BCUT2D eigenvalue weighted by Crippen LogP contribution is -2.48. The fourth-order valence-corrected chi connectivity index (χ4v) is 2.98. The molecule has 0 spiro atoms. The third kappa shape index (κ3) is 4.63. The maximum absolute atomic E-state index is 12.7. The van der Waals surface area contributed by atoms with E-state index in [4.69, 9.17) is 9.47 Å². The molecule has 1 fully saturated rings. The second-order valence-electron chi connectivity index (χ2n) is 6.37. The van der Waals surface area contributed by atoms with Crippen molar-refractivity contribution in [3.8, 4) is 11.5 Å². The largest absolute Gasteiger partial charge is 0.493 e. The molecule has 3 rings (SSSR count). The molecule has 0 atom stereocenters. The van der Waals surface area contributed by atoms with Crippen molar-refractivity contribution in [2.75, 3.05) is 45.7 Å². The maximum atomic E-state index is 12.7. The number of aromatic nitrogens is 1. The normalized spacial score (nSPS) is 13.6. The molecule has 0 saturated carbocycles. The van der Waals surface area contributed by atoms with Gasteiger partial charge in [-0.2, -0.15) is 0 Å². The number of ether oxygens (including phenoxy) is 2. The Balaban J connectivity index is 1.71. The molecule has 9 nitrogen and oxygen atoms in total. The van der Waals surface area contributed by atoms with Gasteiger partial charge in [0.2, 0.25) is 6.41 Å². The molecule has 1 aromatic heterocycles. The van der Waals surface area contributed by atoms with Gasteiger partial charge in [-0.1, -0.05) is 6.07 Å². The Labute approximate surface area is 168 Å². The summed E-state index contributed by atoms with van der Waals surface area (Å²) in [6, 6.07) is 9.73. The van der Waals surface area contributed by atoms with Crippen LogP contribution in [0.15, 0.2) is 36.4 Å². The zero-order valence-corrected chi connectivity index (χ0v) is 16.3. The minimum Gasteiger partial charge on any atom is -0.493 e. The summed E-state index contributed by atoms with van der Waals surface area (Å²) in [5.74, 6) is 0.316. The molecule has 1 aliphatic heterocycles. The predicted octanol–water partition coefficient (Wildman–Crippen LogP) is 1.27. The van der Waals surface area contributed by atoms with Crippen LogP contribution in [0.1, 0.15) is 21.0 Å². The van der Waals surface area contributed by atoms with E-state index in [1.54, 1.807) is 40.1 Å². The minimum absolute atomic E-state index is 0.122. The van der Waals surface area contributed by atoms with Gasteiger partial charge in [0, 0.05) is 37.9 Å². The topological polar surface area (TPSA) is 101 Å². The van der Waals surface area contributed by atoms with Gasteiger partial charge in [0.05, 0.1) is 14.2 Å². The fourth-order valence-electron chi connectivity index (χ4n) is 2.98. The summed E-state index contributed by atoms with van der Waals surface area (Å²) in [7, 11) is 3.04. The number of rotatable bonds is 6. The predicted molar refractivity (Wildman–Crippen MR) is 105 cm³/mol. The Morgan fingerprint density at radius 2 is 1.69 bits per heavy atom. The Hall–Kier alpha value is -3.62. The van der Waals surface area contributed by atoms with Gasteiger partial charge in [0.1, 0.15) is 11.4 Å². The highest BCUT2D eigenvalue weighted by Crippen LogP contribution is 2.29. The molecule has 1 aromatic carbocycles. The van der Waals surface area contributed by atoms with E-state index in [0.29, 0.717) is 43.4 Å². The Morgan fingerprint density at radius 3 is 2.34 bits per heavy atom. The van der Waals surface area contributed by atoms with Crippen LogP contribution in [-0.2, 0) is 4.79 Å². The van der Waals surface area contributed by atoms with Gasteiger partial charge in [-0.15, -0.1) is 0 Å². The van der Waals surface area contributed by atoms with E-state index in [1.165, 1.54) is 20.3 Å². The van der Waals surface area contributed by atoms with Gasteiger partial charge in [0.25, 0.3) is 11.8 Å². The lowest BCUT2D eigenvalue weighted by Gasteiger charge is -2.32. The first-order chi connectivity index (χ1) is 14.0. The van der Waals surface area contributed by atoms with Crippen LogP contribution in [0.25, 0.3) is 0 Å². The SMILES string of the molecule is COc1ccc(NC(=O)c2cccc(C(=O)N3CCN(C=O)CC3)n2)cc1OC. The third-order valence-corrected chi connectivity index (χ3v) is 4.59. The van der Waals surface area contributed by atoms with Crippen LogP contribution in [0.4, 0.5) is 5.69 Å². The molecular weight excluding hydrogens is 376 g/mol. The van der Waals surface area contributed by atoms with Crippen molar-refractivity contribution in [3.05, 3.63) is 47.8 Å². The highest BCUT2D eigenvalue weighted by atomic mass is 16.5. The zero-order valence-electron chi connectivity index (χ0n) is 16.3. The summed E-state index contributed by atoms with van der Waals surface area (Å²) < 4.78 is 10.4. The van der Waals surface area contributed by atoms with Crippen LogP contribution in [0, 0.1) is 0 Å². The summed E-state index contributed by atoms with van der Waals surface area (Å²) in [4.78, 5) is 43.5. The van der Waals surface area contributed by atoms with Gasteiger partial charge in [-0.3, -0.25) is 14.4 Å². The Bertz CT molecular complexity index is 909. The molecule has 0 bridgehead atoms. The molecule has 0 radical (unpaired) electrons. The van der Waals surface area contributed by atoms with Crippen molar-refractivity contribution in [3.63, 3.8) is 0 Å². The van der Waals surface area contributed by atoms with E-state index in [1.807, 2.05) is 0 Å².